The molecule has 1 aliphatic rings. The zero-order valence-corrected chi connectivity index (χ0v) is 12.2. The van der Waals surface area contributed by atoms with Crippen LogP contribution in [0.3, 0.4) is 0 Å². The van der Waals surface area contributed by atoms with Crippen LogP contribution in [0.4, 0.5) is 17.2 Å². The van der Waals surface area contributed by atoms with E-state index < -0.39 is 5.97 Å². The first kappa shape index (κ1) is 15.0. The van der Waals surface area contributed by atoms with E-state index in [0.29, 0.717) is 23.7 Å². The van der Waals surface area contributed by atoms with Crippen LogP contribution in [0.5, 0.6) is 0 Å². The summed E-state index contributed by atoms with van der Waals surface area (Å²) in [5, 5.41) is 17.9. The highest BCUT2D eigenvalue weighted by atomic mass is 16.4. The van der Waals surface area contributed by atoms with E-state index in [1.807, 2.05) is 25.9 Å². The Labute approximate surface area is 122 Å². The molecule has 0 saturated heterocycles. The number of nitrogens with zero attached hydrogens (tertiary/aromatic N) is 2. The first-order valence-electron chi connectivity index (χ1n) is 6.60. The van der Waals surface area contributed by atoms with E-state index in [4.69, 9.17) is 0 Å². The molecule has 21 heavy (non-hydrogen) atoms. The van der Waals surface area contributed by atoms with Gasteiger partial charge in [-0.1, -0.05) is 0 Å². The number of nitrogens with one attached hydrogen (secondary N) is 3. The van der Waals surface area contributed by atoms with Crippen LogP contribution in [0.2, 0.25) is 0 Å². The van der Waals surface area contributed by atoms with Crippen LogP contribution < -0.4 is 16.0 Å². The Kier molecular flexibility index (Phi) is 4.27. The van der Waals surface area contributed by atoms with Gasteiger partial charge in [0.15, 0.2) is 5.82 Å². The smallest absolute Gasteiger partial charge is 0.339 e. The molecule has 8 nitrogen and oxygen atoms in total. The van der Waals surface area contributed by atoms with Crippen molar-refractivity contribution >= 4 is 29.1 Å². The van der Waals surface area contributed by atoms with Gasteiger partial charge in [-0.05, 0) is 21.0 Å². The fourth-order valence-electron chi connectivity index (χ4n) is 1.89. The van der Waals surface area contributed by atoms with E-state index >= 15 is 0 Å². The zero-order valence-electron chi connectivity index (χ0n) is 12.2. The Bertz CT molecular complexity index is 573. The number of carbonyl (C=O) groups excluding carboxylic acids is 1. The maximum absolute atomic E-state index is 11.5. The lowest BCUT2D eigenvalue weighted by Crippen LogP contribution is -2.33. The summed E-state index contributed by atoms with van der Waals surface area (Å²) >= 11 is 0. The van der Waals surface area contributed by atoms with Gasteiger partial charge in [0.1, 0.15) is 11.3 Å². The van der Waals surface area contributed by atoms with Crippen LogP contribution in [-0.4, -0.2) is 60.1 Å². The molecule has 0 bridgehead atoms. The number of rotatable bonds is 5. The van der Waals surface area contributed by atoms with Gasteiger partial charge in [0.05, 0.1) is 12.2 Å². The third-order valence-electron chi connectivity index (χ3n) is 3.45. The molecule has 1 aromatic heterocycles. The molecule has 4 N–H and O–H groups in total. The van der Waals surface area contributed by atoms with E-state index in [1.165, 1.54) is 6.20 Å². The number of aromatic nitrogens is 1. The van der Waals surface area contributed by atoms with Crippen LogP contribution in [0, 0.1) is 0 Å². The molecule has 0 radical (unpaired) electrons. The predicted octanol–water partition coefficient (Wildman–Crippen LogP) is 0.506. The van der Waals surface area contributed by atoms with E-state index in [9.17, 15) is 14.7 Å². The normalized spacial score (nSPS) is 15.0. The summed E-state index contributed by atoms with van der Waals surface area (Å²) in [5.41, 5.74) is 0.794. The first-order valence-corrected chi connectivity index (χ1v) is 6.60. The Morgan fingerprint density at radius 1 is 1.57 bits per heavy atom. The van der Waals surface area contributed by atoms with Crippen LogP contribution in [0.15, 0.2) is 6.20 Å². The van der Waals surface area contributed by atoms with E-state index in [0.717, 1.165) is 0 Å². The number of likely N-dealkylation sites (N-methyl/N-ethyl adjacent to an activating group) is 1. The molecule has 0 saturated carbocycles. The van der Waals surface area contributed by atoms with Gasteiger partial charge in [-0.15, -0.1) is 0 Å². The van der Waals surface area contributed by atoms with Gasteiger partial charge in [0.2, 0.25) is 5.91 Å². The van der Waals surface area contributed by atoms with Gasteiger partial charge in [0, 0.05) is 18.8 Å². The summed E-state index contributed by atoms with van der Waals surface area (Å²) in [6.07, 6.45) is 1.29. The molecule has 0 aliphatic carbocycles. The average Bonchev–Trinajstić information content (AvgIpc) is 2.43. The van der Waals surface area contributed by atoms with Gasteiger partial charge in [-0.25, -0.2) is 9.78 Å². The fourth-order valence-corrected chi connectivity index (χ4v) is 1.89. The van der Waals surface area contributed by atoms with Gasteiger partial charge in [-0.3, -0.25) is 4.79 Å². The minimum absolute atomic E-state index is 0.0312. The Hall–Kier alpha value is -2.35. The number of hydrogen-bond acceptors (Lipinski definition) is 6. The fraction of sp³-hybridized carbons (Fsp3) is 0.462. The number of anilines is 3. The monoisotopic (exact) mass is 293 g/mol. The Morgan fingerprint density at radius 2 is 2.29 bits per heavy atom. The summed E-state index contributed by atoms with van der Waals surface area (Å²) in [6, 6.07) is 0.197. The molecule has 1 aromatic rings. The van der Waals surface area contributed by atoms with Crippen molar-refractivity contribution in [2.45, 2.75) is 13.0 Å². The molecule has 0 spiro atoms. The second-order valence-corrected chi connectivity index (χ2v) is 5.17. The topological polar surface area (TPSA) is 107 Å². The minimum Gasteiger partial charge on any atom is -0.478 e. The first-order chi connectivity index (χ1) is 9.90. The summed E-state index contributed by atoms with van der Waals surface area (Å²) in [4.78, 5) is 28.9. The van der Waals surface area contributed by atoms with E-state index in [1.54, 1.807) is 0 Å². The van der Waals surface area contributed by atoms with Crippen molar-refractivity contribution in [3.63, 3.8) is 0 Å². The van der Waals surface area contributed by atoms with Crippen molar-refractivity contribution in [3.05, 3.63) is 11.8 Å². The highest BCUT2D eigenvalue weighted by Gasteiger charge is 2.24. The molecule has 1 unspecified atom stereocenters. The van der Waals surface area contributed by atoms with E-state index in [2.05, 4.69) is 20.9 Å². The highest BCUT2D eigenvalue weighted by Crippen LogP contribution is 2.34. The largest absolute Gasteiger partial charge is 0.478 e. The molecule has 2 heterocycles. The summed E-state index contributed by atoms with van der Waals surface area (Å²) in [5.74, 6) is -0.847. The SMILES string of the molecule is CC(CNc1c(C(=O)O)cnc2c1NC(=O)CN2)N(C)C. The van der Waals surface area contributed by atoms with Crippen LogP contribution in [0.25, 0.3) is 0 Å². The number of amides is 1. The maximum atomic E-state index is 11.5. The predicted molar refractivity (Wildman–Crippen MR) is 80.0 cm³/mol. The molecule has 114 valence electrons. The standard InChI is InChI=1S/C13H19N5O3/c1-7(18(2)3)4-14-10-8(13(20)21)5-15-12-11(10)17-9(19)6-16-12/h5,7H,4,6H2,1-3H3,(H,17,19)(H,20,21)(H2,14,15,16). The van der Waals surface area contributed by atoms with Crippen molar-refractivity contribution in [2.75, 3.05) is 43.1 Å². The molecule has 2 rings (SSSR count). The molecule has 1 aliphatic heterocycles. The lowest BCUT2D eigenvalue weighted by Gasteiger charge is -2.25. The lowest BCUT2D eigenvalue weighted by atomic mass is 10.1. The molecule has 1 atom stereocenters. The second kappa shape index (κ2) is 5.96. The van der Waals surface area contributed by atoms with Gasteiger partial charge < -0.3 is 26.0 Å². The molecular weight excluding hydrogens is 274 g/mol. The quantitative estimate of drug-likeness (QED) is 0.626. The molecule has 0 aromatic carbocycles. The molecule has 8 heteroatoms. The number of hydrogen-bond donors (Lipinski definition) is 4. The third kappa shape index (κ3) is 3.22. The van der Waals surface area contributed by atoms with Crippen molar-refractivity contribution in [3.8, 4) is 0 Å². The number of carboxylic acid groups (broad SMARTS) is 1. The average molecular weight is 293 g/mol. The summed E-state index contributed by atoms with van der Waals surface area (Å²) < 4.78 is 0. The zero-order chi connectivity index (χ0) is 15.6. The van der Waals surface area contributed by atoms with Crippen molar-refractivity contribution in [1.29, 1.82) is 0 Å². The third-order valence-corrected chi connectivity index (χ3v) is 3.45. The van der Waals surface area contributed by atoms with E-state index in [-0.39, 0.29) is 24.1 Å². The number of pyridine rings is 1. The van der Waals surface area contributed by atoms with Gasteiger partial charge in [0.25, 0.3) is 0 Å². The lowest BCUT2D eigenvalue weighted by molar-refractivity contribution is -0.114. The Morgan fingerprint density at radius 3 is 2.90 bits per heavy atom. The maximum Gasteiger partial charge on any atom is 0.339 e. The van der Waals surface area contributed by atoms with Crippen molar-refractivity contribution in [2.24, 2.45) is 0 Å². The van der Waals surface area contributed by atoms with Crippen molar-refractivity contribution < 1.29 is 14.7 Å². The Balaban J connectivity index is 2.35. The molecular formula is C13H19N5O3. The number of fused-ring (bicyclic) bond motifs is 1. The second-order valence-electron chi connectivity index (χ2n) is 5.17. The number of carboxylic acids is 1. The molecule has 0 fully saturated rings. The highest BCUT2D eigenvalue weighted by molar-refractivity contribution is 6.08. The van der Waals surface area contributed by atoms with Gasteiger partial charge in [-0.2, -0.15) is 0 Å². The van der Waals surface area contributed by atoms with Crippen molar-refractivity contribution in [1.82, 2.24) is 9.88 Å². The van der Waals surface area contributed by atoms with Crippen LogP contribution in [0.1, 0.15) is 17.3 Å². The summed E-state index contributed by atoms with van der Waals surface area (Å²) in [6.45, 7) is 2.68. The minimum atomic E-state index is -1.09. The number of aromatic carboxylic acids is 1. The summed E-state index contributed by atoms with van der Waals surface area (Å²) in [7, 11) is 3.88. The van der Waals surface area contributed by atoms with Crippen LogP contribution >= 0.6 is 0 Å². The van der Waals surface area contributed by atoms with Gasteiger partial charge >= 0.3 is 5.97 Å². The van der Waals surface area contributed by atoms with Crippen LogP contribution in [-0.2, 0) is 4.79 Å². The molecule has 1 amide bonds. The number of carbonyl (C=O) groups is 2.